The molecular weight excluding hydrogens is 374 g/mol. The van der Waals surface area contributed by atoms with Gasteiger partial charge >= 0.3 is 0 Å². The second kappa shape index (κ2) is 8.13. The summed E-state index contributed by atoms with van der Waals surface area (Å²) in [5, 5.41) is 2.79. The highest BCUT2D eigenvalue weighted by molar-refractivity contribution is 7.89. The van der Waals surface area contributed by atoms with Crippen LogP contribution in [-0.2, 0) is 10.0 Å². The topological polar surface area (TPSA) is 58.2 Å². The molecule has 0 spiro atoms. The molecule has 1 aliphatic rings. The van der Waals surface area contributed by atoms with Crippen LogP contribution in [0.4, 0.5) is 4.39 Å². The lowest BCUT2D eigenvalue weighted by molar-refractivity contribution is 0.320. The minimum absolute atomic E-state index is 0. The highest BCUT2D eigenvalue weighted by Crippen LogP contribution is 2.31. The lowest BCUT2D eigenvalue weighted by atomic mass is 9.94. The van der Waals surface area contributed by atoms with E-state index in [1.807, 2.05) is 0 Å². The molecule has 0 saturated carbocycles. The van der Waals surface area contributed by atoms with Gasteiger partial charge in [0.15, 0.2) is 0 Å². The van der Waals surface area contributed by atoms with Gasteiger partial charge in [0, 0.05) is 6.04 Å². The Bertz CT molecular complexity index is 599. The van der Waals surface area contributed by atoms with Crippen molar-refractivity contribution in [1.29, 1.82) is 0 Å². The molecule has 4 nitrogen and oxygen atoms in total. The van der Waals surface area contributed by atoms with Gasteiger partial charge in [-0.05, 0) is 50.9 Å². The van der Waals surface area contributed by atoms with Crippen LogP contribution < -0.4 is 10.0 Å². The zero-order valence-electron chi connectivity index (χ0n) is 11.9. The summed E-state index contributed by atoms with van der Waals surface area (Å²) in [7, 11) is -3.90. The third-order valence-corrected chi connectivity index (χ3v) is 6.09. The van der Waals surface area contributed by atoms with Crippen molar-refractivity contribution in [2.45, 2.75) is 30.7 Å². The van der Waals surface area contributed by atoms with Gasteiger partial charge in [-0.15, -0.1) is 12.4 Å². The van der Waals surface area contributed by atoms with Crippen molar-refractivity contribution in [2.24, 2.45) is 5.92 Å². The van der Waals surface area contributed by atoms with Crippen LogP contribution in [0, 0.1) is 11.7 Å². The Labute approximate surface area is 146 Å². The average Bonchev–Trinajstić information content (AvgIpc) is 2.37. The first kappa shape index (κ1) is 19.9. The van der Waals surface area contributed by atoms with Crippen molar-refractivity contribution in [3.8, 4) is 0 Å². The summed E-state index contributed by atoms with van der Waals surface area (Å²) in [4.78, 5) is -0.275. The first-order chi connectivity index (χ1) is 9.81. The zero-order chi connectivity index (χ0) is 15.6. The molecule has 1 saturated heterocycles. The van der Waals surface area contributed by atoms with Crippen LogP contribution in [0.25, 0.3) is 0 Å². The van der Waals surface area contributed by atoms with Crippen LogP contribution in [0.15, 0.2) is 17.0 Å². The van der Waals surface area contributed by atoms with Gasteiger partial charge in [0.25, 0.3) is 0 Å². The molecule has 1 aromatic rings. The van der Waals surface area contributed by atoms with E-state index in [1.54, 1.807) is 6.92 Å². The van der Waals surface area contributed by atoms with E-state index in [0.717, 1.165) is 38.1 Å². The van der Waals surface area contributed by atoms with E-state index in [2.05, 4.69) is 10.0 Å². The van der Waals surface area contributed by atoms with E-state index >= 15 is 0 Å². The Morgan fingerprint density at radius 2 is 1.95 bits per heavy atom. The lowest BCUT2D eigenvalue weighted by Crippen LogP contribution is -2.44. The number of hydrogen-bond acceptors (Lipinski definition) is 3. The summed E-state index contributed by atoms with van der Waals surface area (Å²) in [5.74, 6) is -0.472. The molecule has 1 heterocycles. The highest BCUT2D eigenvalue weighted by atomic mass is 35.5. The van der Waals surface area contributed by atoms with Gasteiger partial charge in [-0.2, -0.15) is 0 Å². The molecule has 0 radical (unpaired) electrons. The predicted molar refractivity (Wildman–Crippen MR) is 89.0 cm³/mol. The maximum atomic E-state index is 13.2. The molecule has 2 N–H and O–H groups in total. The highest BCUT2D eigenvalue weighted by Gasteiger charge is 2.28. The molecule has 0 aliphatic carbocycles. The van der Waals surface area contributed by atoms with E-state index in [-0.39, 0.29) is 39.3 Å². The smallest absolute Gasteiger partial charge is 0.243 e. The number of rotatable bonds is 4. The van der Waals surface area contributed by atoms with Crippen LogP contribution in [-0.4, -0.2) is 27.5 Å². The zero-order valence-corrected chi connectivity index (χ0v) is 15.0. The lowest BCUT2D eigenvalue weighted by Gasteiger charge is -2.28. The summed E-state index contributed by atoms with van der Waals surface area (Å²) < 4.78 is 40.6. The van der Waals surface area contributed by atoms with Crippen molar-refractivity contribution >= 4 is 45.6 Å². The van der Waals surface area contributed by atoms with Gasteiger partial charge in [-0.25, -0.2) is 17.5 Å². The summed E-state index contributed by atoms with van der Waals surface area (Å²) in [6.07, 6.45) is 1.95. The van der Waals surface area contributed by atoms with Crippen LogP contribution in [0.2, 0.25) is 10.0 Å². The van der Waals surface area contributed by atoms with Crippen LogP contribution in [0.3, 0.4) is 0 Å². The Kier molecular flexibility index (Phi) is 7.36. The van der Waals surface area contributed by atoms with E-state index < -0.39 is 15.8 Å². The molecule has 0 aromatic heterocycles. The van der Waals surface area contributed by atoms with E-state index in [4.69, 9.17) is 23.2 Å². The fourth-order valence-corrected chi connectivity index (χ4v) is 4.99. The van der Waals surface area contributed by atoms with E-state index in [0.29, 0.717) is 0 Å². The number of halogens is 4. The minimum atomic E-state index is -3.90. The molecule has 2 unspecified atom stereocenters. The maximum Gasteiger partial charge on any atom is 0.243 e. The number of sulfonamides is 1. The van der Waals surface area contributed by atoms with E-state index in [1.165, 1.54) is 0 Å². The molecule has 2 rings (SSSR count). The fraction of sp³-hybridized carbons (Fsp3) is 0.538. The monoisotopic (exact) mass is 390 g/mol. The van der Waals surface area contributed by atoms with Crippen LogP contribution in [0.5, 0.6) is 0 Å². The molecule has 2 atom stereocenters. The third kappa shape index (κ3) is 4.69. The van der Waals surface area contributed by atoms with Gasteiger partial charge in [0.05, 0.1) is 10.0 Å². The maximum absolute atomic E-state index is 13.2. The van der Waals surface area contributed by atoms with Crippen molar-refractivity contribution < 1.29 is 12.8 Å². The predicted octanol–water partition coefficient (Wildman–Crippen LogP) is 3.22. The number of piperidine rings is 1. The third-order valence-electron chi connectivity index (χ3n) is 3.61. The van der Waals surface area contributed by atoms with Crippen molar-refractivity contribution in [2.75, 3.05) is 13.1 Å². The quantitative estimate of drug-likeness (QED) is 0.828. The SMILES string of the molecule is CC(NS(=O)(=O)c1c(Cl)cc(F)cc1Cl)C1CCCNC1.Cl. The summed E-state index contributed by atoms with van der Waals surface area (Å²) in [6, 6.07) is 1.61. The Balaban J connectivity index is 0.00000242. The molecule has 1 fully saturated rings. The Morgan fingerprint density at radius 3 is 2.45 bits per heavy atom. The van der Waals surface area contributed by atoms with Gasteiger partial charge in [0.2, 0.25) is 10.0 Å². The first-order valence-corrected chi connectivity index (χ1v) is 8.93. The second-order valence-corrected chi connectivity index (χ2v) is 7.68. The molecule has 22 heavy (non-hydrogen) atoms. The van der Waals surface area contributed by atoms with Crippen LogP contribution in [0.1, 0.15) is 19.8 Å². The van der Waals surface area contributed by atoms with Crippen molar-refractivity contribution in [3.63, 3.8) is 0 Å². The van der Waals surface area contributed by atoms with Crippen LogP contribution >= 0.6 is 35.6 Å². The van der Waals surface area contributed by atoms with Crippen molar-refractivity contribution in [1.82, 2.24) is 10.0 Å². The van der Waals surface area contributed by atoms with Gasteiger partial charge < -0.3 is 5.32 Å². The number of hydrogen-bond donors (Lipinski definition) is 2. The standard InChI is InChI=1S/C13H17Cl2FN2O2S.ClH/c1-8(9-3-2-4-17-7-9)18-21(19,20)13-11(14)5-10(16)6-12(13)15;/h5-6,8-9,17-18H,2-4,7H2,1H3;1H. The summed E-state index contributed by atoms with van der Waals surface area (Å²) >= 11 is 11.7. The Morgan fingerprint density at radius 1 is 1.36 bits per heavy atom. The molecule has 126 valence electrons. The number of nitrogens with one attached hydrogen (secondary N) is 2. The molecule has 0 bridgehead atoms. The van der Waals surface area contributed by atoms with Gasteiger partial charge in [-0.1, -0.05) is 23.2 Å². The molecule has 1 aromatic carbocycles. The van der Waals surface area contributed by atoms with Gasteiger partial charge in [0.1, 0.15) is 10.7 Å². The molecule has 0 amide bonds. The average molecular weight is 392 g/mol. The number of benzene rings is 1. The molecular formula is C13H18Cl3FN2O2S. The Hall–Kier alpha value is -0.110. The minimum Gasteiger partial charge on any atom is -0.316 e. The largest absolute Gasteiger partial charge is 0.316 e. The van der Waals surface area contributed by atoms with E-state index in [9.17, 15) is 12.8 Å². The summed E-state index contributed by atoms with van der Waals surface area (Å²) in [6.45, 7) is 3.51. The molecule has 1 aliphatic heterocycles. The van der Waals surface area contributed by atoms with Crippen molar-refractivity contribution in [3.05, 3.63) is 28.0 Å². The first-order valence-electron chi connectivity index (χ1n) is 6.69. The molecule has 9 heteroatoms. The van der Waals surface area contributed by atoms with Gasteiger partial charge in [-0.3, -0.25) is 0 Å². The normalized spacial score (nSPS) is 20.3. The fourth-order valence-electron chi connectivity index (χ4n) is 2.49. The second-order valence-electron chi connectivity index (χ2n) is 5.21. The summed E-state index contributed by atoms with van der Waals surface area (Å²) in [5.41, 5.74) is 0.